The Kier molecular flexibility index (Phi) is 5.32. The van der Waals surface area contributed by atoms with Crippen LogP contribution in [0, 0.1) is 11.3 Å². The summed E-state index contributed by atoms with van der Waals surface area (Å²) in [5.41, 5.74) is 6.79. The molecule has 0 saturated carbocycles. The monoisotopic (exact) mass is 461 g/mol. The molecule has 6 heteroatoms. The van der Waals surface area contributed by atoms with Crippen molar-refractivity contribution >= 4 is 28.1 Å². The van der Waals surface area contributed by atoms with E-state index in [1.165, 1.54) is 24.9 Å². The van der Waals surface area contributed by atoms with Crippen molar-refractivity contribution in [2.75, 3.05) is 18.0 Å². The summed E-state index contributed by atoms with van der Waals surface area (Å²) in [6.45, 7) is 2.20. The maximum atomic E-state index is 10.4. The van der Waals surface area contributed by atoms with Crippen LogP contribution in [0.4, 0.5) is 5.69 Å². The van der Waals surface area contributed by atoms with Crippen molar-refractivity contribution in [1.82, 2.24) is 15.2 Å². The summed E-state index contributed by atoms with van der Waals surface area (Å²) < 4.78 is 0. The normalized spacial score (nSPS) is 13.8. The van der Waals surface area contributed by atoms with Crippen LogP contribution in [0.5, 0.6) is 0 Å². The van der Waals surface area contributed by atoms with E-state index in [4.69, 9.17) is 4.98 Å². The Balaban J connectivity index is 1.59. The van der Waals surface area contributed by atoms with Crippen LogP contribution in [-0.4, -0.2) is 28.3 Å². The topological polar surface area (TPSA) is 68.6 Å². The summed E-state index contributed by atoms with van der Waals surface area (Å²) in [5.74, 6) is 0. The van der Waals surface area contributed by atoms with Crippen LogP contribution in [0.25, 0.3) is 44.0 Å². The first kappa shape index (κ1) is 20.6. The van der Waals surface area contributed by atoms with Crippen LogP contribution in [-0.2, 0) is 0 Å². The van der Waals surface area contributed by atoms with Gasteiger partial charge in [0.05, 0.1) is 27.2 Å². The van der Waals surface area contributed by atoms with Gasteiger partial charge in [-0.3, -0.25) is 5.10 Å². The van der Waals surface area contributed by atoms with E-state index in [-0.39, 0.29) is 0 Å². The second-order valence-corrected chi connectivity index (χ2v) is 9.51. The molecule has 2 aromatic carbocycles. The molecule has 34 heavy (non-hydrogen) atoms. The van der Waals surface area contributed by atoms with E-state index >= 15 is 0 Å². The highest BCUT2D eigenvalue weighted by Gasteiger charge is 2.23. The number of thiophene rings is 1. The minimum absolute atomic E-state index is 0.573. The molecular formula is C28H23N5S. The smallest absolute Gasteiger partial charge is 0.182 e. The molecule has 0 aliphatic carbocycles. The number of pyridine rings is 1. The predicted octanol–water partition coefficient (Wildman–Crippen LogP) is 6.88. The van der Waals surface area contributed by atoms with Gasteiger partial charge in [-0.05, 0) is 48.4 Å². The zero-order valence-electron chi connectivity index (χ0n) is 18.7. The molecule has 0 spiro atoms. The number of hydrogen-bond donors (Lipinski definition) is 1. The number of fused-ring (bicyclic) bond motifs is 1. The molecule has 5 aromatic rings. The molecule has 0 unspecified atom stereocenters. The Hall–Kier alpha value is -3.95. The highest BCUT2D eigenvalue weighted by atomic mass is 32.1. The largest absolute Gasteiger partial charge is 0.372 e. The zero-order chi connectivity index (χ0) is 22.9. The van der Waals surface area contributed by atoms with Crippen molar-refractivity contribution < 1.29 is 0 Å². The molecule has 3 aromatic heterocycles. The number of aromatic amines is 1. The Morgan fingerprint density at radius 3 is 2.38 bits per heavy atom. The number of nitrogens with zero attached hydrogens (tertiary/aromatic N) is 4. The highest BCUT2D eigenvalue weighted by Crippen LogP contribution is 2.41. The van der Waals surface area contributed by atoms with Gasteiger partial charge in [-0.25, -0.2) is 4.98 Å². The highest BCUT2D eigenvalue weighted by molar-refractivity contribution is 7.13. The van der Waals surface area contributed by atoms with Crippen LogP contribution in [0.1, 0.15) is 24.8 Å². The van der Waals surface area contributed by atoms with Crippen molar-refractivity contribution in [3.63, 3.8) is 0 Å². The van der Waals surface area contributed by atoms with E-state index < -0.39 is 0 Å². The van der Waals surface area contributed by atoms with Gasteiger partial charge in [-0.1, -0.05) is 48.5 Å². The lowest BCUT2D eigenvalue weighted by Gasteiger charge is -2.29. The number of aromatic nitrogens is 3. The van der Waals surface area contributed by atoms with Gasteiger partial charge in [-0.2, -0.15) is 10.4 Å². The van der Waals surface area contributed by atoms with Crippen molar-refractivity contribution in [2.45, 2.75) is 19.3 Å². The molecule has 4 heterocycles. The van der Waals surface area contributed by atoms with Gasteiger partial charge in [0.1, 0.15) is 6.07 Å². The van der Waals surface area contributed by atoms with E-state index in [9.17, 15) is 5.26 Å². The van der Waals surface area contributed by atoms with E-state index in [0.717, 1.165) is 45.7 Å². The van der Waals surface area contributed by atoms with Crippen LogP contribution in [0.2, 0.25) is 0 Å². The fourth-order valence-electron chi connectivity index (χ4n) is 4.85. The third-order valence-electron chi connectivity index (χ3n) is 6.51. The summed E-state index contributed by atoms with van der Waals surface area (Å²) in [5, 5.41) is 21.1. The first-order chi connectivity index (χ1) is 16.8. The third-order valence-corrected chi connectivity index (χ3v) is 7.39. The standard InChI is InChI=1S/C28H23N5S/c29-18-22-24(19-11-13-21(14-12-19)33-15-5-2-6-16-33)25-27(23-10-7-17-34-23)31-32-28(25)30-26(22)20-8-3-1-4-9-20/h1,3-4,7-14,17H,2,5-6,15-16H2,(H,30,31,32). The first-order valence-corrected chi connectivity index (χ1v) is 12.5. The zero-order valence-corrected chi connectivity index (χ0v) is 19.5. The maximum absolute atomic E-state index is 10.4. The Morgan fingerprint density at radius 2 is 1.68 bits per heavy atom. The number of rotatable bonds is 4. The van der Waals surface area contributed by atoms with Gasteiger partial charge in [0.2, 0.25) is 0 Å². The third kappa shape index (κ3) is 3.55. The van der Waals surface area contributed by atoms with Crippen LogP contribution in [0.3, 0.4) is 0 Å². The fourth-order valence-corrected chi connectivity index (χ4v) is 5.57. The number of hydrogen-bond acceptors (Lipinski definition) is 5. The number of nitriles is 1. The van der Waals surface area contributed by atoms with Crippen molar-refractivity contribution in [3.05, 3.63) is 77.7 Å². The minimum atomic E-state index is 0.573. The SMILES string of the molecule is N#Cc1c(-c2ccccc2)nc2n[nH]c(-c3cccs3)c2c1-c1ccc(N2CCCCC2)cc1. The quantitative estimate of drug-likeness (QED) is 0.317. The molecule has 1 N–H and O–H groups in total. The van der Waals surface area contributed by atoms with E-state index in [2.05, 4.69) is 51.5 Å². The Morgan fingerprint density at radius 1 is 0.882 bits per heavy atom. The Labute approximate surface area is 202 Å². The molecule has 0 bridgehead atoms. The molecule has 0 atom stereocenters. The number of piperidine rings is 1. The molecule has 1 fully saturated rings. The number of anilines is 1. The van der Waals surface area contributed by atoms with Crippen LogP contribution in [0.15, 0.2) is 72.1 Å². The molecular weight excluding hydrogens is 438 g/mol. The average molecular weight is 462 g/mol. The summed E-state index contributed by atoms with van der Waals surface area (Å²) >= 11 is 1.65. The first-order valence-electron chi connectivity index (χ1n) is 11.6. The summed E-state index contributed by atoms with van der Waals surface area (Å²) in [7, 11) is 0. The van der Waals surface area contributed by atoms with E-state index in [1.807, 2.05) is 41.8 Å². The molecule has 1 saturated heterocycles. The lowest BCUT2D eigenvalue weighted by Crippen LogP contribution is -2.29. The summed E-state index contributed by atoms with van der Waals surface area (Å²) in [6, 6.07) is 25.1. The Bertz CT molecular complexity index is 1470. The molecule has 1 aliphatic rings. The van der Waals surface area contributed by atoms with Crippen LogP contribution >= 0.6 is 11.3 Å². The molecule has 0 radical (unpaired) electrons. The minimum Gasteiger partial charge on any atom is -0.372 e. The number of H-pyrrole nitrogens is 1. The number of benzene rings is 2. The van der Waals surface area contributed by atoms with Gasteiger partial charge in [0.25, 0.3) is 0 Å². The second-order valence-electron chi connectivity index (χ2n) is 8.56. The van der Waals surface area contributed by atoms with E-state index in [0.29, 0.717) is 16.9 Å². The maximum Gasteiger partial charge on any atom is 0.182 e. The molecule has 6 rings (SSSR count). The van der Waals surface area contributed by atoms with Gasteiger partial charge >= 0.3 is 0 Å². The van der Waals surface area contributed by atoms with Crippen molar-refractivity contribution in [1.29, 1.82) is 5.26 Å². The van der Waals surface area contributed by atoms with Gasteiger partial charge in [-0.15, -0.1) is 11.3 Å². The van der Waals surface area contributed by atoms with Crippen LogP contribution < -0.4 is 4.90 Å². The van der Waals surface area contributed by atoms with Crippen molar-refractivity contribution in [3.8, 4) is 39.0 Å². The molecule has 0 amide bonds. The molecule has 166 valence electrons. The average Bonchev–Trinajstić information content (AvgIpc) is 3.59. The van der Waals surface area contributed by atoms with E-state index in [1.54, 1.807) is 11.3 Å². The summed E-state index contributed by atoms with van der Waals surface area (Å²) in [6.07, 6.45) is 3.79. The van der Waals surface area contributed by atoms with Gasteiger partial charge in [0.15, 0.2) is 5.65 Å². The number of nitrogens with one attached hydrogen (secondary N) is 1. The lowest BCUT2D eigenvalue weighted by molar-refractivity contribution is 0.578. The lowest BCUT2D eigenvalue weighted by atomic mass is 9.92. The predicted molar refractivity (Wildman–Crippen MR) is 139 cm³/mol. The van der Waals surface area contributed by atoms with Gasteiger partial charge in [0, 0.05) is 29.9 Å². The van der Waals surface area contributed by atoms with Crippen molar-refractivity contribution in [2.24, 2.45) is 0 Å². The molecule has 1 aliphatic heterocycles. The van der Waals surface area contributed by atoms with Gasteiger partial charge < -0.3 is 4.90 Å². The second kappa shape index (κ2) is 8.77. The molecule has 5 nitrogen and oxygen atoms in total. The fraction of sp³-hybridized carbons (Fsp3) is 0.179. The summed E-state index contributed by atoms with van der Waals surface area (Å²) in [4.78, 5) is 8.38.